The van der Waals surface area contributed by atoms with Crippen LogP contribution in [0.5, 0.6) is 0 Å². The van der Waals surface area contributed by atoms with Crippen molar-refractivity contribution >= 4 is 34.8 Å². The lowest BCUT2D eigenvalue weighted by Gasteiger charge is -2.13. The highest BCUT2D eigenvalue weighted by molar-refractivity contribution is 6.44. The molecule has 1 amide bonds. The van der Waals surface area contributed by atoms with Crippen molar-refractivity contribution in [3.8, 4) is 0 Å². The molecule has 0 aliphatic heterocycles. The van der Waals surface area contributed by atoms with E-state index in [-0.39, 0.29) is 5.91 Å². The van der Waals surface area contributed by atoms with Crippen LogP contribution in [0, 0.1) is 0 Å². The van der Waals surface area contributed by atoms with E-state index in [4.69, 9.17) is 28.9 Å². The largest absolute Gasteiger partial charge is 0.323 e. The van der Waals surface area contributed by atoms with Crippen molar-refractivity contribution in [3.05, 3.63) is 28.2 Å². The highest BCUT2D eigenvalue weighted by atomic mass is 35.5. The Balaban J connectivity index is 2.64. The summed E-state index contributed by atoms with van der Waals surface area (Å²) in [6, 6.07) is 4.57. The van der Waals surface area contributed by atoms with Crippen LogP contribution in [0.1, 0.15) is 26.2 Å². The summed E-state index contributed by atoms with van der Waals surface area (Å²) in [6.45, 7) is 2.05. The summed E-state index contributed by atoms with van der Waals surface area (Å²) in [4.78, 5) is 11.7. The van der Waals surface area contributed by atoms with Gasteiger partial charge in [-0.2, -0.15) is 0 Å². The average Bonchev–Trinajstić information content (AvgIpc) is 2.31. The normalized spacial score (nSPS) is 12.2. The standard InChI is InChI=1S/C12H16Cl2N2O/c1-2-3-6-9(15)12(17)16-10-7-4-5-8(13)11(10)14/h4-5,7,9H,2-3,6,15H2,1H3,(H,16,17)/t9-/m0/s1. The van der Waals surface area contributed by atoms with Gasteiger partial charge in [0.15, 0.2) is 0 Å². The molecular weight excluding hydrogens is 259 g/mol. The minimum absolute atomic E-state index is 0.234. The lowest BCUT2D eigenvalue weighted by Crippen LogP contribution is -2.35. The summed E-state index contributed by atoms with van der Waals surface area (Å²) in [5.41, 5.74) is 6.25. The number of nitrogens with one attached hydrogen (secondary N) is 1. The summed E-state index contributed by atoms with van der Waals surface area (Å²) in [7, 11) is 0. The molecular formula is C12H16Cl2N2O. The summed E-state index contributed by atoms with van der Waals surface area (Å²) in [5, 5.41) is 3.43. The third-order valence-corrected chi connectivity index (χ3v) is 3.23. The summed E-state index contributed by atoms with van der Waals surface area (Å²) in [5.74, 6) is -0.234. The molecule has 17 heavy (non-hydrogen) atoms. The Morgan fingerprint density at radius 2 is 2.18 bits per heavy atom. The van der Waals surface area contributed by atoms with Crippen LogP contribution in [0.4, 0.5) is 5.69 Å². The molecule has 0 unspecified atom stereocenters. The smallest absolute Gasteiger partial charge is 0.241 e. The topological polar surface area (TPSA) is 55.1 Å². The quantitative estimate of drug-likeness (QED) is 0.864. The molecule has 3 nitrogen and oxygen atoms in total. The molecule has 0 radical (unpaired) electrons. The first kappa shape index (κ1) is 14.3. The molecule has 0 heterocycles. The molecule has 0 spiro atoms. The molecule has 1 aromatic rings. The van der Waals surface area contributed by atoms with Crippen LogP contribution in [0.2, 0.25) is 10.0 Å². The Morgan fingerprint density at radius 1 is 1.47 bits per heavy atom. The molecule has 1 aromatic carbocycles. The second-order valence-corrected chi connectivity index (χ2v) is 4.62. The number of hydrogen-bond acceptors (Lipinski definition) is 2. The van der Waals surface area contributed by atoms with Gasteiger partial charge < -0.3 is 11.1 Å². The van der Waals surface area contributed by atoms with Crippen molar-refractivity contribution in [1.82, 2.24) is 0 Å². The number of amides is 1. The van der Waals surface area contributed by atoms with E-state index < -0.39 is 6.04 Å². The van der Waals surface area contributed by atoms with Crippen molar-refractivity contribution in [2.45, 2.75) is 32.2 Å². The van der Waals surface area contributed by atoms with Crippen LogP contribution in [0.3, 0.4) is 0 Å². The van der Waals surface area contributed by atoms with Crippen LogP contribution in [-0.2, 0) is 4.79 Å². The Kier molecular flexibility index (Phi) is 5.75. The monoisotopic (exact) mass is 274 g/mol. The van der Waals surface area contributed by atoms with E-state index in [1.54, 1.807) is 18.2 Å². The fourth-order valence-electron chi connectivity index (χ4n) is 1.38. The van der Waals surface area contributed by atoms with Gasteiger partial charge in [0.05, 0.1) is 21.8 Å². The van der Waals surface area contributed by atoms with Gasteiger partial charge >= 0.3 is 0 Å². The van der Waals surface area contributed by atoms with Gasteiger partial charge in [-0.15, -0.1) is 0 Å². The molecule has 5 heteroatoms. The first-order valence-corrected chi connectivity index (χ1v) is 6.32. The number of rotatable bonds is 5. The molecule has 94 valence electrons. The van der Waals surface area contributed by atoms with E-state index in [1.807, 2.05) is 0 Å². The van der Waals surface area contributed by atoms with Crippen molar-refractivity contribution in [2.24, 2.45) is 5.73 Å². The van der Waals surface area contributed by atoms with Gasteiger partial charge in [-0.1, -0.05) is 49.0 Å². The molecule has 0 aliphatic rings. The van der Waals surface area contributed by atoms with Crippen LogP contribution in [0.15, 0.2) is 18.2 Å². The molecule has 0 aliphatic carbocycles. The van der Waals surface area contributed by atoms with Gasteiger partial charge in [0, 0.05) is 0 Å². The molecule has 0 aromatic heterocycles. The van der Waals surface area contributed by atoms with Crippen molar-refractivity contribution in [1.29, 1.82) is 0 Å². The maximum absolute atomic E-state index is 11.7. The average molecular weight is 275 g/mol. The van der Waals surface area contributed by atoms with Crippen LogP contribution < -0.4 is 11.1 Å². The SMILES string of the molecule is CCCC[C@H](N)C(=O)Nc1cccc(Cl)c1Cl. The number of anilines is 1. The number of halogens is 2. The minimum atomic E-state index is -0.509. The fourth-order valence-corrected chi connectivity index (χ4v) is 1.73. The molecule has 0 saturated heterocycles. The van der Waals surface area contributed by atoms with Crippen molar-refractivity contribution < 1.29 is 4.79 Å². The Labute approximate surface area is 111 Å². The number of carbonyl (C=O) groups excluding carboxylic acids is 1. The van der Waals surface area contributed by atoms with Crippen LogP contribution in [-0.4, -0.2) is 11.9 Å². The van der Waals surface area contributed by atoms with Gasteiger partial charge in [0.25, 0.3) is 0 Å². The third-order valence-electron chi connectivity index (χ3n) is 2.41. The van der Waals surface area contributed by atoms with E-state index in [2.05, 4.69) is 12.2 Å². The first-order chi connectivity index (χ1) is 8.06. The number of nitrogens with two attached hydrogens (primary N) is 1. The van der Waals surface area contributed by atoms with Gasteiger partial charge in [0.1, 0.15) is 0 Å². The zero-order valence-electron chi connectivity index (χ0n) is 9.67. The van der Waals surface area contributed by atoms with E-state index in [9.17, 15) is 4.79 Å². The predicted octanol–water partition coefficient (Wildman–Crippen LogP) is 3.45. The van der Waals surface area contributed by atoms with Gasteiger partial charge in [-0.05, 0) is 18.6 Å². The predicted molar refractivity (Wildman–Crippen MR) is 72.6 cm³/mol. The van der Waals surface area contributed by atoms with E-state index in [0.717, 1.165) is 12.8 Å². The van der Waals surface area contributed by atoms with Gasteiger partial charge in [-0.25, -0.2) is 0 Å². The molecule has 1 rings (SSSR count). The first-order valence-electron chi connectivity index (χ1n) is 5.56. The molecule has 3 N–H and O–H groups in total. The summed E-state index contributed by atoms with van der Waals surface area (Å²) >= 11 is 11.8. The van der Waals surface area contributed by atoms with Crippen molar-refractivity contribution in [3.63, 3.8) is 0 Å². The maximum Gasteiger partial charge on any atom is 0.241 e. The van der Waals surface area contributed by atoms with E-state index >= 15 is 0 Å². The lowest BCUT2D eigenvalue weighted by atomic mass is 10.1. The molecule has 1 atom stereocenters. The maximum atomic E-state index is 11.7. The van der Waals surface area contributed by atoms with Crippen LogP contribution in [0.25, 0.3) is 0 Å². The zero-order valence-corrected chi connectivity index (χ0v) is 11.2. The highest BCUT2D eigenvalue weighted by Gasteiger charge is 2.14. The Bertz CT molecular complexity index is 396. The molecule has 0 bridgehead atoms. The summed E-state index contributed by atoms with van der Waals surface area (Å²) < 4.78 is 0. The Morgan fingerprint density at radius 3 is 2.82 bits per heavy atom. The fraction of sp³-hybridized carbons (Fsp3) is 0.417. The second kappa shape index (κ2) is 6.84. The number of hydrogen-bond donors (Lipinski definition) is 2. The highest BCUT2D eigenvalue weighted by Crippen LogP contribution is 2.29. The number of benzene rings is 1. The molecule has 0 saturated carbocycles. The number of unbranched alkanes of at least 4 members (excludes halogenated alkanes) is 1. The minimum Gasteiger partial charge on any atom is -0.323 e. The van der Waals surface area contributed by atoms with Gasteiger partial charge in [-0.3, -0.25) is 4.79 Å². The second-order valence-electron chi connectivity index (χ2n) is 3.84. The summed E-state index contributed by atoms with van der Waals surface area (Å²) in [6.07, 6.45) is 2.61. The molecule has 0 fully saturated rings. The zero-order chi connectivity index (χ0) is 12.8. The third kappa shape index (κ3) is 4.19. The lowest BCUT2D eigenvalue weighted by molar-refractivity contribution is -0.117. The van der Waals surface area contributed by atoms with E-state index in [1.165, 1.54) is 0 Å². The Hall–Kier alpha value is -0.770. The van der Waals surface area contributed by atoms with E-state index in [0.29, 0.717) is 22.2 Å². The van der Waals surface area contributed by atoms with Gasteiger partial charge in [0.2, 0.25) is 5.91 Å². The van der Waals surface area contributed by atoms with Crippen molar-refractivity contribution in [2.75, 3.05) is 5.32 Å². The number of carbonyl (C=O) groups is 1. The van der Waals surface area contributed by atoms with Crippen LogP contribution >= 0.6 is 23.2 Å².